The van der Waals surface area contributed by atoms with Crippen molar-refractivity contribution in [2.24, 2.45) is 5.92 Å². The second kappa shape index (κ2) is 8.98. The highest BCUT2D eigenvalue weighted by Gasteiger charge is 2.20. The van der Waals surface area contributed by atoms with E-state index in [0.29, 0.717) is 30.9 Å². The van der Waals surface area contributed by atoms with E-state index in [1.807, 2.05) is 13.8 Å². The van der Waals surface area contributed by atoms with Crippen molar-refractivity contribution < 1.29 is 17.6 Å². The van der Waals surface area contributed by atoms with E-state index in [1.165, 1.54) is 10.4 Å². The number of hydrogen-bond donors (Lipinski definition) is 1. The van der Waals surface area contributed by atoms with Gasteiger partial charge in [0.15, 0.2) is 0 Å². The summed E-state index contributed by atoms with van der Waals surface area (Å²) in [4.78, 5) is 11.9. The lowest BCUT2D eigenvalue weighted by Crippen LogP contribution is -2.41. The van der Waals surface area contributed by atoms with E-state index in [9.17, 15) is 17.6 Å². The number of halogens is 1. The molecule has 0 bridgehead atoms. The molecule has 0 unspecified atom stereocenters. The molecule has 0 saturated heterocycles. The highest BCUT2D eigenvalue weighted by Crippen LogP contribution is 2.07. The van der Waals surface area contributed by atoms with Crippen molar-refractivity contribution in [1.29, 1.82) is 0 Å². The van der Waals surface area contributed by atoms with Crippen molar-refractivity contribution in [3.05, 3.63) is 35.6 Å². The Morgan fingerprint density at radius 1 is 1.30 bits per heavy atom. The van der Waals surface area contributed by atoms with E-state index in [0.717, 1.165) is 6.26 Å². The Kier molecular flexibility index (Phi) is 7.64. The molecule has 0 spiro atoms. The van der Waals surface area contributed by atoms with Crippen LogP contribution in [0, 0.1) is 11.7 Å². The van der Waals surface area contributed by atoms with Gasteiger partial charge in [-0.25, -0.2) is 12.8 Å². The Bertz CT molecular complexity index is 618. The zero-order valence-corrected chi connectivity index (χ0v) is 14.7. The minimum absolute atomic E-state index is 0.206. The van der Waals surface area contributed by atoms with Crippen LogP contribution >= 0.6 is 0 Å². The lowest BCUT2D eigenvalue weighted by molar-refractivity contribution is -0.121. The normalized spacial score (nSPS) is 11.9. The molecule has 0 aliphatic carbocycles. The summed E-state index contributed by atoms with van der Waals surface area (Å²) in [6, 6.07) is 6.37. The van der Waals surface area contributed by atoms with Gasteiger partial charge in [0.05, 0.1) is 12.8 Å². The second-order valence-corrected chi connectivity index (χ2v) is 7.95. The van der Waals surface area contributed by atoms with E-state index in [2.05, 4.69) is 5.32 Å². The molecule has 0 heterocycles. The Morgan fingerprint density at radius 2 is 1.96 bits per heavy atom. The van der Waals surface area contributed by atoms with Gasteiger partial charge in [-0.3, -0.25) is 4.79 Å². The maximum absolute atomic E-state index is 13.5. The van der Waals surface area contributed by atoms with Crippen LogP contribution < -0.4 is 5.32 Å². The van der Waals surface area contributed by atoms with Gasteiger partial charge in [-0.2, -0.15) is 4.31 Å². The van der Waals surface area contributed by atoms with E-state index in [1.54, 1.807) is 18.2 Å². The molecule has 130 valence electrons. The number of sulfonamides is 1. The van der Waals surface area contributed by atoms with Crippen LogP contribution in [-0.2, 0) is 21.2 Å². The lowest BCUT2D eigenvalue weighted by atomic mass is 10.1. The third-order valence-corrected chi connectivity index (χ3v) is 4.67. The summed E-state index contributed by atoms with van der Waals surface area (Å²) >= 11 is 0. The zero-order valence-electron chi connectivity index (χ0n) is 13.9. The molecule has 0 aliphatic rings. The number of nitrogens with zero attached hydrogens (tertiary/aromatic N) is 1. The predicted octanol–water partition coefficient (Wildman–Crippen LogP) is 1.79. The van der Waals surface area contributed by atoms with Gasteiger partial charge in [-0.15, -0.1) is 0 Å². The van der Waals surface area contributed by atoms with Crippen molar-refractivity contribution in [3.8, 4) is 0 Å². The number of amides is 1. The molecule has 1 amide bonds. The number of rotatable bonds is 9. The first-order chi connectivity index (χ1) is 10.7. The number of nitrogens with one attached hydrogen (secondary N) is 1. The maximum Gasteiger partial charge on any atom is 0.235 e. The average Bonchev–Trinajstić information content (AvgIpc) is 2.44. The second-order valence-electron chi connectivity index (χ2n) is 5.97. The predicted molar refractivity (Wildman–Crippen MR) is 89.0 cm³/mol. The third kappa shape index (κ3) is 7.56. The summed E-state index contributed by atoms with van der Waals surface area (Å²) in [5.74, 6) is -0.338. The fourth-order valence-corrected chi connectivity index (χ4v) is 2.81. The van der Waals surface area contributed by atoms with Crippen LogP contribution in [0.4, 0.5) is 4.39 Å². The van der Waals surface area contributed by atoms with Crippen molar-refractivity contribution in [1.82, 2.24) is 9.62 Å². The smallest absolute Gasteiger partial charge is 0.235 e. The van der Waals surface area contributed by atoms with Crippen molar-refractivity contribution in [3.63, 3.8) is 0 Å². The summed E-state index contributed by atoms with van der Waals surface area (Å²) in [5.41, 5.74) is 0.521. The number of carbonyl (C=O) groups excluding carboxylic acids is 1. The first-order valence-electron chi connectivity index (χ1n) is 7.65. The van der Waals surface area contributed by atoms with Gasteiger partial charge in [0.2, 0.25) is 15.9 Å². The van der Waals surface area contributed by atoms with Gasteiger partial charge in [-0.05, 0) is 30.4 Å². The van der Waals surface area contributed by atoms with Crippen LogP contribution in [0.1, 0.15) is 25.8 Å². The molecule has 0 aliphatic heterocycles. The molecule has 5 nitrogen and oxygen atoms in total. The summed E-state index contributed by atoms with van der Waals surface area (Å²) < 4.78 is 38.1. The minimum Gasteiger partial charge on any atom is -0.355 e. The molecule has 1 rings (SSSR count). The van der Waals surface area contributed by atoms with E-state index >= 15 is 0 Å². The van der Waals surface area contributed by atoms with Crippen molar-refractivity contribution in [2.75, 3.05) is 25.9 Å². The molecule has 0 radical (unpaired) electrons. The minimum atomic E-state index is -3.43. The molecular weight excluding hydrogens is 319 g/mol. The van der Waals surface area contributed by atoms with Crippen LogP contribution in [-0.4, -0.2) is 44.5 Å². The molecule has 7 heteroatoms. The van der Waals surface area contributed by atoms with Crippen LogP contribution in [0.25, 0.3) is 0 Å². The Hall–Kier alpha value is -1.47. The Balaban J connectivity index is 2.48. The SMILES string of the molecule is CC(C)CCN(CC(=O)NCCc1ccccc1F)S(C)(=O)=O. The topological polar surface area (TPSA) is 66.5 Å². The van der Waals surface area contributed by atoms with Gasteiger partial charge >= 0.3 is 0 Å². The largest absolute Gasteiger partial charge is 0.355 e. The summed E-state index contributed by atoms with van der Waals surface area (Å²) in [5, 5.41) is 2.64. The number of carbonyl (C=O) groups is 1. The van der Waals surface area contributed by atoms with E-state index in [-0.39, 0.29) is 24.8 Å². The molecule has 0 aromatic heterocycles. The van der Waals surface area contributed by atoms with Crippen LogP contribution in [0.2, 0.25) is 0 Å². The number of hydrogen-bond acceptors (Lipinski definition) is 3. The summed E-state index contributed by atoms with van der Waals surface area (Å²) in [6.07, 6.45) is 2.15. The third-order valence-electron chi connectivity index (χ3n) is 3.42. The molecule has 1 N–H and O–H groups in total. The van der Waals surface area contributed by atoms with E-state index in [4.69, 9.17) is 0 Å². The Labute approximate surface area is 137 Å². The van der Waals surface area contributed by atoms with Gasteiger partial charge in [0.25, 0.3) is 0 Å². The summed E-state index contributed by atoms with van der Waals surface area (Å²) in [6.45, 7) is 4.37. The van der Waals surface area contributed by atoms with Gasteiger partial charge < -0.3 is 5.32 Å². The lowest BCUT2D eigenvalue weighted by Gasteiger charge is -2.20. The summed E-state index contributed by atoms with van der Waals surface area (Å²) in [7, 11) is -3.43. The standard InChI is InChI=1S/C16H25FN2O3S/c1-13(2)9-11-19(23(3,21)22)12-16(20)18-10-8-14-6-4-5-7-15(14)17/h4-7,13H,8-12H2,1-3H3,(H,18,20). The van der Waals surface area contributed by atoms with E-state index < -0.39 is 10.0 Å². The first kappa shape index (κ1) is 19.6. The van der Waals surface area contributed by atoms with Crippen LogP contribution in [0.5, 0.6) is 0 Å². The molecular formula is C16H25FN2O3S. The van der Waals surface area contributed by atoms with Crippen LogP contribution in [0.3, 0.4) is 0 Å². The van der Waals surface area contributed by atoms with Gasteiger partial charge in [0.1, 0.15) is 5.82 Å². The molecule has 0 fully saturated rings. The van der Waals surface area contributed by atoms with Gasteiger partial charge in [0, 0.05) is 13.1 Å². The molecule has 0 atom stereocenters. The molecule has 1 aromatic carbocycles. The maximum atomic E-state index is 13.5. The molecule has 23 heavy (non-hydrogen) atoms. The fourth-order valence-electron chi connectivity index (χ4n) is 2.02. The number of benzene rings is 1. The Morgan fingerprint density at radius 3 is 2.52 bits per heavy atom. The molecule has 0 saturated carbocycles. The van der Waals surface area contributed by atoms with Crippen molar-refractivity contribution >= 4 is 15.9 Å². The monoisotopic (exact) mass is 344 g/mol. The highest BCUT2D eigenvalue weighted by atomic mass is 32.2. The van der Waals surface area contributed by atoms with Crippen molar-refractivity contribution in [2.45, 2.75) is 26.7 Å². The highest BCUT2D eigenvalue weighted by molar-refractivity contribution is 7.88. The molecule has 1 aromatic rings. The van der Waals surface area contributed by atoms with Crippen LogP contribution in [0.15, 0.2) is 24.3 Å². The average molecular weight is 344 g/mol. The van der Waals surface area contributed by atoms with Gasteiger partial charge in [-0.1, -0.05) is 32.0 Å². The zero-order chi connectivity index (χ0) is 17.5. The first-order valence-corrected chi connectivity index (χ1v) is 9.50. The quantitative estimate of drug-likeness (QED) is 0.743. The fraction of sp³-hybridized carbons (Fsp3) is 0.562.